The number of carbonyl (C=O) groups is 2. The zero-order chi connectivity index (χ0) is 36.4. The van der Waals surface area contributed by atoms with E-state index < -0.39 is 16.4 Å². The van der Waals surface area contributed by atoms with E-state index >= 15 is 0 Å². The summed E-state index contributed by atoms with van der Waals surface area (Å²) in [6.07, 6.45) is 1.73. The van der Waals surface area contributed by atoms with Crippen LogP contribution in [0.5, 0.6) is 5.88 Å². The van der Waals surface area contributed by atoms with Crippen molar-refractivity contribution in [3.05, 3.63) is 40.1 Å². The zero-order valence-electron chi connectivity index (χ0n) is 29.1. The second-order valence-corrected chi connectivity index (χ2v) is 12.5. The van der Waals surface area contributed by atoms with Crippen LogP contribution in [0.25, 0.3) is 11.0 Å². The molecular weight excluding hydrogens is 668 g/mol. The minimum absolute atomic E-state index is 0.0663. The van der Waals surface area contributed by atoms with Crippen LogP contribution in [-0.4, -0.2) is 122 Å². The molecule has 1 saturated carbocycles. The number of rotatable bonds is 22. The molecule has 3 aromatic rings. The summed E-state index contributed by atoms with van der Waals surface area (Å²) in [4.78, 5) is 44.1. The highest BCUT2D eigenvalue weighted by atomic mass is 16.6. The Kier molecular flexibility index (Phi) is 12.9. The van der Waals surface area contributed by atoms with Gasteiger partial charge in [0.25, 0.3) is 5.91 Å². The minimum Gasteiger partial charge on any atom is -0.476 e. The van der Waals surface area contributed by atoms with Gasteiger partial charge in [-0.1, -0.05) is 13.8 Å². The van der Waals surface area contributed by atoms with E-state index in [-0.39, 0.29) is 66.0 Å². The van der Waals surface area contributed by atoms with Crippen LogP contribution in [0.1, 0.15) is 43.6 Å². The number of aromatic nitrogens is 3. The highest BCUT2D eigenvalue weighted by Gasteiger charge is 2.39. The van der Waals surface area contributed by atoms with Crippen LogP contribution < -0.4 is 25.6 Å². The van der Waals surface area contributed by atoms with Crippen LogP contribution in [0, 0.1) is 22.0 Å². The van der Waals surface area contributed by atoms with Gasteiger partial charge < -0.3 is 44.9 Å². The van der Waals surface area contributed by atoms with Crippen molar-refractivity contribution < 1.29 is 43.2 Å². The van der Waals surface area contributed by atoms with Crippen molar-refractivity contribution in [2.75, 3.05) is 83.1 Å². The molecule has 18 nitrogen and oxygen atoms in total. The molecule has 2 aliphatic rings. The third-order valence-electron chi connectivity index (χ3n) is 9.38. The van der Waals surface area contributed by atoms with Gasteiger partial charge >= 0.3 is 5.69 Å². The molecule has 1 aliphatic carbocycles. The van der Waals surface area contributed by atoms with E-state index in [9.17, 15) is 24.8 Å². The average Bonchev–Trinajstić information content (AvgIpc) is 3.71. The van der Waals surface area contributed by atoms with Crippen LogP contribution in [-0.2, 0) is 19.0 Å². The third kappa shape index (κ3) is 9.18. The topological polar surface area (TPSA) is 226 Å². The summed E-state index contributed by atoms with van der Waals surface area (Å²) in [5.41, 5.74) is 0.434. The first-order valence-electron chi connectivity index (χ1n) is 17.2. The van der Waals surface area contributed by atoms with Crippen LogP contribution in [0.2, 0.25) is 0 Å². The summed E-state index contributed by atoms with van der Waals surface area (Å²) < 4.78 is 27.3. The van der Waals surface area contributed by atoms with Crippen LogP contribution in [0.15, 0.2) is 28.9 Å². The summed E-state index contributed by atoms with van der Waals surface area (Å²) in [6, 6.07) is 6.31. The maximum atomic E-state index is 13.5. The quantitative estimate of drug-likeness (QED) is 0.0663. The summed E-state index contributed by atoms with van der Waals surface area (Å²) >= 11 is 0. The Morgan fingerprint density at radius 3 is 2.43 bits per heavy atom. The van der Waals surface area contributed by atoms with E-state index in [1.165, 1.54) is 12.1 Å². The SMILES string of the molecule is CCC(CC)(NC(=O)c1ccc(N2CC(OC)C2)c(OC[C@H]2C[C@@H]2CO)n1)C(=O)NCCOCCOCCNc1ccc([N+](=O)[O-])c2nonc12. The third-order valence-corrected chi connectivity index (χ3v) is 9.38. The van der Waals surface area contributed by atoms with Crippen molar-refractivity contribution in [1.29, 1.82) is 0 Å². The Hall–Kier alpha value is -4.65. The van der Waals surface area contributed by atoms with Crippen molar-refractivity contribution >= 4 is 39.9 Å². The number of pyridine rings is 1. The first-order chi connectivity index (χ1) is 24.7. The molecule has 2 atom stereocenters. The van der Waals surface area contributed by atoms with E-state index in [1.807, 2.05) is 19.9 Å². The number of ether oxygens (including phenoxy) is 4. The number of hydrogen-bond donors (Lipinski definition) is 4. The largest absolute Gasteiger partial charge is 0.476 e. The molecule has 18 heteroatoms. The van der Waals surface area contributed by atoms with Gasteiger partial charge in [-0.25, -0.2) is 9.61 Å². The van der Waals surface area contributed by atoms with E-state index in [0.29, 0.717) is 70.5 Å². The number of benzene rings is 1. The second kappa shape index (κ2) is 17.5. The summed E-state index contributed by atoms with van der Waals surface area (Å²) in [6.45, 7) is 7.40. The number of nitrogens with one attached hydrogen (secondary N) is 3. The summed E-state index contributed by atoms with van der Waals surface area (Å²) in [5.74, 6) is 0.0177. The second-order valence-electron chi connectivity index (χ2n) is 12.5. The van der Waals surface area contributed by atoms with E-state index in [2.05, 4.69) is 40.8 Å². The number of hydrogen-bond acceptors (Lipinski definition) is 15. The van der Waals surface area contributed by atoms with Gasteiger partial charge in [-0.15, -0.1) is 0 Å². The van der Waals surface area contributed by atoms with E-state index in [0.717, 1.165) is 12.1 Å². The lowest BCUT2D eigenvalue weighted by Gasteiger charge is -2.40. The molecule has 0 radical (unpaired) electrons. The first-order valence-corrected chi connectivity index (χ1v) is 17.2. The average molecular weight is 715 g/mol. The maximum Gasteiger partial charge on any atom is 0.300 e. The highest BCUT2D eigenvalue weighted by Crippen LogP contribution is 2.39. The Labute approximate surface area is 294 Å². The van der Waals surface area contributed by atoms with Crippen LogP contribution in [0.3, 0.4) is 0 Å². The number of methoxy groups -OCH3 is 1. The Balaban J connectivity index is 1.03. The number of nitro benzene ring substituents is 1. The van der Waals surface area contributed by atoms with Gasteiger partial charge in [0.05, 0.1) is 49.7 Å². The number of amides is 2. The van der Waals surface area contributed by atoms with E-state index in [1.54, 1.807) is 13.2 Å². The van der Waals surface area contributed by atoms with Crippen LogP contribution >= 0.6 is 0 Å². The van der Waals surface area contributed by atoms with Gasteiger partial charge in [0.2, 0.25) is 17.3 Å². The fourth-order valence-corrected chi connectivity index (χ4v) is 5.83. The maximum absolute atomic E-state index is 13.5. The highest BCUT2D eigenvalue weighted by molar-refractivity contribution is 5.98. The number of non-ortho nitro benzene ring substituents is 1. The van der Waals surface area contributed by atoms with Gasteiger partial charge in [-0.2, -0.15) is 0 Å². The Bertz CT molecular complexity index is 1640. The van der Waals surface area contributed by atoms with Crippen molar-refractivity contribution in [2.24, 2.45) is 11.8 Å². The van der Waals surface area contributed by atoms with E-state index in [4.69, 9.17) is 18.9 Å². The summed E-state index contributed by atoms with van der Waals surface area (Å²) in [5, 5.41) is 36.8. The normalized spacial score (nSPS) is 17.2. The van der Waals surface area contributed by atoms with Gasteiger partial charge in [0.15, 0.2) is 5.52 Å². The molecule has 2 aromatic heterocycles. The number of nitro groups is 1. The lowest BCUT2D eigenvalue weighted by atomic mass is 9.91. The molecule has 3 heterocycles. The fraction of sp³-hybridized carbons (Fsp3) is 0.606. The smallest absolute Gasteiger partial charge is 0.300 e. The number of carbonyl (C=O) groups excluding carboxylic acids is 2. The van der Waals surface area contributed by atoms with Gasteiger partial charge in [0, 0.05) is 46.0 Å². The standard InChI is InChI=1S/C33H46N8O10/c1-4-33(5-2,37-30(43)25-7-9-27(40-17-23(18-40)47-3)31(36-25)50-20-22-16-21(22)19-42)32(44)35-11-13-49-15-14-48-12-10-34-24-6-8-26(41(45)46)29-28(24)38-51-39-29/h6-9,21-23,34,42H,4-5,10-20H2,1-3H3,(H,35,44)(H,37,43)/t21-,22-/m1/s1. The molecule has 2 amide bonds. The molecule has 0 unspecified atom stereocenters. The van der Waals surface area contributed by atoms with Crippen molar-refractivity contribution in [3.63, 3.8) is 0 Å². The lowest BCUT2D eigenvalue weighted by Crippen LogP contribution is -2.58. The number of anilines is 2. The molecule has 1 aliphatic heterocycles. The lowest BCUT2D eigenvalue weighted by molar-refractivity contribution is -0.383. The van der Waals surface area contributed by atoms with Crippen molar-refractivity contribution in [2.45, 2.75) is 44.8 Å². The minimum atomic E-state index is -1.16. The monoisotopic (exact) mass is 714 g/mol. The van der Waals surface area contributed by atoms with Gasteiger partial charge in [0.1, 0.15) is 16.9 Å². The molecular formula is C33H46N8O10. The van der Waals surface area contributed by atoms with Crippen LogP contribution in [0.4, 0.5) is 17.1 Å². The number of aliphatic hydroxyl groups excluding tert-OH is 1. The number of fused-ring (bicyclic) bond motifs is 1. The number of nitrogens with zero attached hydrogens (tertiary/aromatic N) is 5. The molecule has 51 heavy (non-hydrogen) atoms. The van der Waals surface area contributed by atoms with Gasteiger partial charge in [-0.05, 0) is 59.6 Å². The fourth-order valence-electron chi connectivity index (χ4n) is 5.83. The predicted molar refractivity (Wildman–Crippen MR) is 184 cm³/mol. The molecule has 278 valence electrons. The summed E-state index contributed by atoms with van der Waals surface area (Å²) in [7, 11) is 1.67. The first kappa shape index (κ1) is 37.6. The predicted octanol–water partition coefficient (Wildman–Crippen LogP) is 1.92. The van der Waals surface area contributed by atoms with Crippen molar-refractivity contribution in [3.8, 4) is 5.88 Å². The van der Waals surface area contributed by atoms with Gasteiger partial charge in [-0.3, -0.25) is 19.7 Å². The Morgan fingerprint density at radius 1 is 1.04 bits per heavy atom. The molecule has 0 bridgehead atoms. The Morgan fingerprint density at radius 2 is 1.76 bits per heavy atom. The molecule has 2 fully saturated rings. The number of aliphatic hydroxyl groups is 1. The molecule has 5 rings (SSSR count). The molecule has 4 N–H and O–H groups in total. The van der Waals surface area contributed by atoms with Crippen molar-refractivity contribution in [1.82, 2.24) is 25.9 Å². The zero-order valence-corrected chi connectivity index (χ0v) is 29.1. The molecule has 1 aromatic carbocycles. The molecule has 0 spiro atoms. The molecule has 1 saturated heterocycles.